The predicted molar refractivity (Wildman–Crippen MR) is 48.1 cm³/mol. The van der Waals surface area contributed by atoms with Crippen LogP contribution in [0.5, 0.6) is 0 Å². The number of ketones is 2. The van der Waals surface area contributed by atoms with Crippen molar-refractivity contribution in [2.45, 2.75) is 20.8 Å². The third-order valence-electron chi connectivity index (χ3n) is 2.98. The third kappa shape index (κ3) is 1.33. The van der Waals surface area contributed by atoms with E-state index in [4.69, 9.17) is 5.11 Å². The Bertz CT molecular complexity index is 291. The lowest BCUT2D eigenvalue weighted by molar-refractivity contribution is -0.137. The number of hydrogen-bond acceptors (Lipinski definition) is 3. The molecule has 0 aromatic rings. The lowest BCUT2D eigenvalue weighted by Crippen LogP contribution is -2.44. The van der Waals surface area contributed by atoms with Crippen molar-refractivity contribution in [1.29, 1.82) is 0 Å². The maximum Gasteiger partial charge on any atom is 0.164 e. The largest absolute Gasteiger partial charge is 0.395 e. The highest BCUT2D eigenvalue weighted by atomic mass is 16.3. The smallest absolute Gasteiger partial charge is 0.164 e. The monoisotopic (exact) mass is 182 g/mol. The molecule has 0 saturated carbocycles. The Morgan fingerprint density at radius 2 is 2.08 bits per heavy atom. The van der Waals surface area contributed by atoms with Crippen LogP contribution in [0.15, 0.2) is 11.6 Å². The summed E-state index contributed by atoms with van der Waals surface area (Å²) in [4.78, 5) is 23.0. The van der Waals surface area contributed by atoms with Crippen molar-refractivity contribution in [1.82, 2.24) is 0 Å². The predicted octanol–water partition coefficient (Wildman–Crippen LogP) is 0.719. The van der Waals surface area contributed by atoms with Gasteiger partial charge in [0.05, 0.1) is 12.0 Å². The molecule has 0 aromatic heterocycles. The van der Waals surface area contributed by atoms with E-state index in [0.717, 1.165) is 0 Å². The van der Waals surface area contributed by atoms with Crippen molar-refractivity contribution >= 4 is 11.6 Å². The molecule has 0 aliphatic heterocycles. The molecule has 0 bridgehead atoms. The van der Waals surface area contributed by atoms with Crippen LogP contribution in [-0.4, -0.2) is 23.3 Å². The zero-order chi connectivity index (χ0) is 10.2. The summed E-state index contributed by atoms with van der Waals surface area (Å²) in [5, 5.41) is 9.09. The Morgan fingerprint density at radius 3 is 2.54 bits per heavy atom. The van der Waals surface area contributed by atoms with E-state index in [0.29, 0.717) is 5.57 Å². The molecule has 0 fully saturated rings. The van der Waals surface area contributed by atoms with Crippen molar-refractivity contribution in [3.63, 3.8) is 0 Å². The summed E-state index contributed by atoms with van der Waals surface area (Å²) in [6.07, 6.45) is 1.33. The second kappa shape index (κ2) is 3.07. The average molecular weight is 182 g/mol. The zero-order valence-corrected chi connectivity index (χ0v) is 8.13. The van der Waals surface area contributed by atoms with Gasteiger partial charge in [0.1, 0.15) is 0 Å². The number of aliphatic hydroxyl groups excluding tert-OH is 1. The summed E-state index contributed by atoms with van der Waals surface area (Å²) in [5.74, 6) is -0.620. The van der Waals surface area contributed by atoms with Crippen LogP contribution in [0.2, 0.25) is 0 Å². The quantitative estimate of drug-likeness (QED) is 0.650. The van der Waals surface area contributed by atoms with Crippen LogP contribution < -0.4 is 0 Å². The Morgan fingerprint density at radius 1 is 1.54 bits per heavy atom. The second-order valence-electron chi connectivity index (χ2n) is 3.85. The van der Waals surface area contributed by atoms with Gasteiger partial charge in [0.2, 0.25) is 0 Å². The molecule has 2 unspecified atom stereocenters. The van der Waals surface area contributed by atoms with E-state index in [-0.39, 0.29) is 18.2 Å². The first kappa shape index (κ1) is 10.1. The van der Waals surface area contributed by atoms with Crippen LogP contribution >= 0.6 is 0 Å². The zero-order valence-electron chi connectivity index (χ0n) is 8.13. The van der Waals surface area contributed by atoms with E-state index < -0.39 is 11.3 Å². The van der Waals surface area contributed by atoms with Gasteiger partial charge >= 0.3 is 0 Å². The fourth-order valence-electron chi connectivity index (χ4n) is 1.49. The van der Waals surface area contributed by atoms with Crippen LogP contribution in [0.4, 0.5) is 0 Å². The molecule has 0 aromatic carbocycles. The van der Waals surface area contributed by atoms with E-state index >= 15 is 0 Å². The number of carbonyl (C=O) groups is 2. The van der Waals surface area contributed by atoms with Crippen LogP contribution in [0.1, 0.15) is 20.8 Å². The van der Waals surface area contributed by atoms with Crippen molar-refractivity contribution in [3.8, 4) is 0 Å². The Kier molecular flexibility index (Phi) is 2.39. The molecule has 72 valence electrons. The first-order chi connectivity index (χ1) is 5.93. The van der Waals surface area contributed by atoms with Crippen LogP contribution in [0.25, 0.3) is 0 Å². The SMILES string of the molecule is CC1=CC(=O)C(C)(CO)C(C)C1=O. The van der Waals surface area contributed by atoms with Crippen LogP contribution in [0.3, 0.4) is 0 Å². The van der Waals surface area contributed by atoms with Gasteiger partial charge in [0.15, 0.2) is 11.6 Å². The molecule has 0 saturated heterocycles. The molecule has 2 atom stereocenters. The molecule has 1 rings (SSSR count). The molecule has 3 nitrogen and oxygen atoms in total. The molecule has 0 heterocycles. The molecule has 1 N–H and O–H groups in total. The average Bonchev–Trinajstić information content (AvgIpc) is 2.11. The van der Waals surface area contributed by atoms with Crippen molar-refractivity contribution in [3.05, 3.63) is 11.6 Å². The van der Waals surface area contributed by atoms with E-state index in [1.54, 1.807) is 20.8 Å². The van der Waals surface area contributed by atoms with Gasteiger partial charge in [-0.25, -0.2) is 0 Å². The van der Waals surface area contributed by atoms with E-state index in [1.165, 1.54) is 6.08 Å². The number of rotatable bonds is 1. The van der Waals surface area contributed by atoms with E-state index in [2.05, 4.69) is 0 Å². The highest BCUT2D eigenvalue weighted by Gasteiger charge is 2.44. The topological polar surface area (TPSA) is 54.4 Å². The van der Waals surface area contributed by atoms with Gasteiger partial charge in [-0.1, -0.05) is 6.92 Å². The lowest BCUT2D eigenvalue weighted by Gasteiger charge is -2.33. The lowest BCUT2D eigenvalue weighted by atomic mass is 9.68. The highest BCUT2D eigenvalue weighted by Crippen LogP contribution is 2.34. The Labute approximate surface area is 77.4 Å². The minimum absolute atomic E-state index is 0.0452. The second-order valence-corrected chi connectivity index (χ2v) is 3.85. The van der Waals surface area contributed by atoms with Gasteiger partial charge in [-0.05, 0) is 25.5 Å². The molecule has 13 heavy (non-hydrogen) atoms. The summed E-state index contributed by atoms with van der Waals surface area (Å²) in [6, 6.07) is 0. The molecule has 3 heteroatoms. The summed E-state index contributed by atoms with van der Waals surface area (Å²) in [7, 11) is 0. The van der Waals surface area contributed by atoms with E-state index in [9.17, 15) is 9.59 Å². The first-order valence-electron chi connectivity index (χ1n) is 4.31. The maximum atomic E-state index is 11.5. The number of carbonyl (C=O) groups excluding carboxylic acids is 2. The Balaban J connectivity index is 3.17. The minimum atomic E-state index is -0.920. The first-order valence-corrected chi connectivity index (χ1v) is 4.31. The van der Waals surface area contributed by atoms with Gasteiger partial charge < -0.3 is 5.11 Å². The molecular weight excluding hydrogens is 168 g/mol. The van der Waals surface area contributed by atoms with Crippen molar-refractivity contribution in [2.24, 2.45) is 11.3 Å². The number of hydrogen-bond donors (Lipinski definition) is 1. The molecule has 0 radical (unpaired) electrons. The molecule has 0 amide bonds. The van der Waals surface area contributed by atoms with Crippen LogP contribution in [-0.2, 0) is 9.59 Å². The normalized spacial score (nSPS) is 34.8. The van der Waals surface area contributed by atoms with Crippen LogP contribution in [0, 0.1) is 11.3 Å². The van der Waals surface area contributed by atoms with E-state index in [1.807, 2.05) is 0 Å². The maximum absolute atomic E-state index is 11.5. The van der Waals surface area contributed by atoms with Gasteiger partial charge in [-0.2, -0.15) is 0 Å². The number of allylic oxidation sites excluding steroid dienone is 2. The van der Waals surface area contributed by atoms with Gasteiger partial charge in [0, 0.05) is 5.92 Å². The number of Topliss-reactive ketones (excluding diaryl/α,β-unsaturated/α-hetero) is 1. The molecule has 1 aliphatic carbocycles. The number of aliphatic hydroxyl groups is 1. The highest BCUT2D eigenvalue weighted by molar-refractivity contribution is 6.11. The summed E-state index contributed by atoms with van der Waals surface area (Å²) < 4.78 is 0. The summed E-state index contributed by atoms with van der Waals surface area (Å²) in [6.45, 7) is 4.67. The minimum Gasteiger partial charge on any atom is -0.395 e. The molecule has 1 aliphatic rings. The van der Waals surface area contributed by atoms with Gasteiger partial charge in [-0.15, -0.1) is 0 Å². The molecule has 0 spiro atoms. The fraction of sp³-hybridized carbons (Fsp3) is 0.600. The van der Waals surface area contributed by atoms with Crippen molar-refractivity contribution < 1.29 is 14.7 Å². The standard InChI is InChI=1S/C10H14O3/c1-6-4-8(12)10(3,5-11)7(2)9(6)13/h4,7,11H,5H2,1-3H3. The van der Waals surface area contributed by atoms with Crippen molar-refractivity contribution in [2.75, 3.05) is 6.61 Å². The summed E-state index contributed by atoms with van der Waals surface area (Å²) >= 11 is 0. The fourth-order valence-corrected chi connectivity index (χ4v) is 1.49. The van der Waals surface area contributed by atoms with Gasteiger partial charge in [0.25, 0.3) is 0 Å². The summed E-state index contributed by atoms with van der Waals surface area (Å²) in [5.41, 5.74) is -0.431. The third-order valence-corrected chi connectivity index (χ3v) is 2.98. The molecular formula is C10H14O3. The van der Waals surface area contributed by atoms with Gasteiger partial charge in [-0.3, -0.25) is 9.59 Å². The Hall–Kier alpha value is -0.960.